The predicted octanol–water partition coefficient (Wildman–Crippen LogP) is 3.26. The van der Waals surface area contributed by atoms with Crippen LogP contribution in [-0.4, -0.2) is 16.5 Å². The highest BCUT2D eigenvalue weighted by Gasteiger charge is 2.29. The summed E-state index contributed by atoms with van der Waals surface area (Å²) in [6.07, 6.45) is 6.44. The minimum Gasteiger partial charge on any atom is -0.335 e. The maximum atomic E-state index is 9.03. The van der Waals surface area contributed by atoms with Crippen LogP contribution in [-0.2, 0) is 12.8 Å². The molecule has 0 fully saturated rings. The smallest absolute Gasteiger partial charge is 0.101 e. The van der Waals surface area contributed by atoms with Crippen molar-refractivity contribution in [2.24, 2.45) is 0 Å². The summed E-state index contributed by atoms with van der Waals surface area (Å²) in [7, 11) is 0. The molecule has 0 aliphatic carbocycles. The van der Waals surface area contributed by atoms with E-state index in [4.69, 9.17) is 17.5 Å². The summed E-state index contributed by atoms with van der Waals surface area (Å²) in [4.78, 5) is 7.53. The van der Waals surface area contributed by atoms with Crippen LogP contribution in [0.5, 0.6) is 0 Å². The molecule has 3 heterocycles. The second-order valence-corrected chi connectivity index (χ2v) is 5.98. The van der Waals surface area contributed by atoms with Crippen molar-refractivity contribution < 1.29 is 0 Å². The van der Waals surface area contributed by atoms with Gasteiger partial charge in [-0.3, -0.25) is 4.98 Å². The number of hydrogen-bond donors (Lipinski definition) is 0. The van der Waals surface area contributed by atoms with Crippen LogP contribution < -0.4 is 4.90 Å². The lowest BCUT2D eigenvalue weighted by atomic mass is 9.94. The van der Waals surface area contributed by atoms with Gasteiger partial charge in [0.2, 0.25) is 0 Å². The number of anilines is 1. The number of hydrogen-bond acceptors (Lipinski definition) is 3. The number of rotatable bonds is 1. The van der Waals surface area contributed by atoms with Gasteiger partial charge in [-0.2, -0.15) is 5.26 Å². The molecule has 0 saturated carbocycles. The van der Waals surface area contributed by atoms with E-state index in [1.54, 1.807) is 6.20 Å². The Kier molecular flexibility index (Phi) is 2.76. The van der Waals surface area contributed by atoms with E-state index in [9.17, 15) is 0 Å². The summed E-state index contributed by atoms with van der Waals surface area (Å²) in [5, 5.41) is 9.03. The van der Waals surface area contributed by atoms with E-state index in [0.29, 0.717) is 5.56 Å². The fourth-order valence-electron chi connectivity index (χ4n) is 3.28. The molecule has 0 radical (unpaired) electrons. The average molecular weight is 291 g/mol. The number of aromatic nitrogens is 1. The zero-order valence-electron chi connectivity index (χ0n) is 11.5. The van der Waals surface area contributed by atoms with Gasteiger partial charge in [-0.25, -0.2) is 0 Å². The highest BCUT2D eigenvalue weighted by Crippen LogP contribution is 2.40. The number of nitriles is 1. The Morgan fingerprint density at radius 3 is 2.67 bits per heavy atom. The summed E-state index contributed by atoms with van der Waals surface area (Å²) in [6.45, 7) is 1.00. The third-order valence-electron chi connectivity index (χ3n) is 4.25. The summed E-state index contributed by atoms with van der Waals surface area (Å²) in [5.41, 5.74) is 6.84. The molecule has 0 saturated heterocycles. The zero-order valence-corrected chi connectivity index (χ0v) is 12.3. The molecule has 3 nitrogen and oxygen atoms in total. The monoisotopic (exact) mass is 291 g/mol. The van der Waals surface area contributed by atoms with E-state index in [1.165, 1.54) is 16.8 Å². The van der Waals surface area contributed by atoms with Crippen LogP contribution in [0.2, 0.25) is 0 Å². The summed E-state index contributed by atoms with van der Waals surface area (Å²) in [6, 6.07) is 8.52. The summed E-state index contributed by atoms with van der Waals surface area (Å²) in [5.74, 6) is 0. The lowest BCUT2D eigenvalue weighted by molar-refractivity contribution is 0.943. The first-order valence-electron chi connectivity index (χ1n) is 7.08. The van der Waals surface area contributed by atoms with Gasteiger partial charge in [-0.15, -0.1) is 0 Å². The third kappa shape index (κ3) is 1.93. The second-order valence-electron chi connectivity index (χ2n) is 5.51. The molecule has 102 valence electrons. The number of aryl methyl sites for hydroxylation is 1. The van der Waals surface area contributed by atoms with Gasteiger partial charge in [-0.1, -0.05) is 12.2 Å². The van der Waals surface area contributed by atoms with E-state index in [-0.39, 0.29) is 0 Å². The Morgan fingerprint density at radius 1 is 1.05 bits per heavy atom. The van der Waals surface area contributed by atoms with Crippen LogP contribution in [0.4, 0.5) is 5.69 Å². The van der Waals surface area contributed by atoms with Crippen molar-refractivity contribution in [3.05, 3.63) is 47.3 Å². The van der Waals surface area contributed by atoms with Crippen molar-refractivity contribution in [2.45, 2.75) is 19.3 Å². The van der Waals surface area contributed by atoms with Gasteiger partial charge < -0.3 is 4.90 Å². The van der Waals surface area contributed by atoms with Crippen LogP contribution in [0.15, 0.2) is 30.6 Å². The summed E-state index contributed by atoms with van der Waals surface area (Å²) >= 11 is 5.47. The second kappa shape index (κ2) is 4.64. The molecule has 4 heteroatoms. The molecule has 4 rings (SSSR count). The lowest BCUT2D eigenvalue weighted by Crippen LogP contribution is -2.31. The molecular weight excluding hydrogens is 278 g/mol. The van der Waals surface area contributed by atoms with Crippen LogP contribution in [0.25, 0.3) is 11.1 Å². The van der Waals surface area contributed by atoms with E-state index < -0.39 is 0 Å². The van der Waals surface area contributed by atoms with Crippen LogP contribution in [0.3, 0.4) is 0 Å². The molecule has 0 atom stereocenters. The maximum absolute atomic E-state index is 9.03. The maximum Gasteiger partial charge on any atom is 0.101 e. The first-order chi connectivity index (χ1) is 10.3. The standard InChI is InChI=1S/C17H13N3S/c18-8-11-5-15(10-19-9-11)14-6-12-1-2-16(21)20-4-3-13(7-14)17(12)20/h5-7,9-10H,1-4H2. The van der Waals surface area contributed by atoms with Gasteiger partial charge in [-0.05, 0) is 47.7 Å². The fourth-order valence-corrected chi connectivity index (χ4v) is 3.57. The molecule has 0 bridgehead atoms. The van der Waals surface area contributed by atoms with Crippen LogP contribution in [0, 0.1) is 11.3 Å². The minimum absolute atomic E-state index is 0.601. The van der Waals surface area contributed by atoms with Gasteiger partial charge in [0.25, 0.3) is 0 Å². The first-order valence-corrected chi connectivity index (χ1v) is 7.49. The number of nitrogens with zero attached hydrogens (tertiary/aromatic N) is 3. The molecular formula is C17H13N3S. The molecule has 0 amide bonds. The molecule has 2 aliphatic heterocycles. The Balaban J connectivity index is 1.86. The van der Waals surface area contributed by atoms with Crippen LogP contribution in [0.1, 0.15) is 23.1 Å². The third-order valence-corrected chi connectivity index (χ3v) is 4.68. The van der Waals surface area contributed by atoms with Gasteiger partial charge in [0.05, 0.1) is 10.6 Å². The number of thiocarbonyl (C=S) groups is 1. The summed E-state index contributed by atoms with van der Waals surface area (Å²) < 4.78 is 0. The SMILES string of the molecule is N#Cc1cncc(-c2cc3c4c(c2)CCN4C(=S)CC3)c1. The van der Waals surface area contributed by atoms with E-state index in [0.717, 1.165) is 41.9 Å². The molecule has 2 aromatic rings. The largest absolute Gasteiger partial charge is 0.335 e. The van der Waals surface area contributed by atoms with E-state index >= 15 is 0 Å². The normalized spacial score (nSPS) is 15.8. The minimum atomic E-state index is 0.601. The molecule has 1 aromatic carbocycles. The Bertz CT molecular complexity index is 804. The number of benzene rings is 1. The van der Waals surface area contributed by atoms with Crippen molar-refractivity contribution >= 4 is 22.9 Å². The van der Waals surface area contributed by atoms with Gasteiger partial charge in [0, 0.05) is 36.6 Å². The van der Waals surface area contributed by atoms with E-state index in [2.05, 4.69) is 28.1 Å². The van der Waals surface area contributed by atoms with Crippen LogP contribution >= 0.6 is 12.2 Å². The van der Waals surface area contributed by atoms with E-state index in [1.807, 2.05) is 12.3 Å². The molecule has 0 spiro atoms. The molecule has 0 N–H and O–H groups in total. The first kappa shape index (κ1) is 12.5. The topological polar surface area (TPSA) is 39.9 Å². The van der Waals surface area contributed by atoms with Crippen molar-refractivity contribution in [2.75, 3.05) is 11.4 Å². The molecule has 1 aromatic heterocycles. The lowest BCUT2D eigenvalue weighted by Gasteiger charge is -2.28. The van der Waals surface area contributed by atoms with Gasteiger partial charge >= 0.3 is 0 Å². The fraction of sp³-hybridized carbons (Fsp3) is 0.235. The number of pyridine rings is 1. The highest BCUT2D eigenvalue weighted by atomic mass is 32.1. The van der Waals surface area contributed by atoms with Crippen molar-refractivity contribution in [1.29, 1.82) is 5.26 Å². The van der Waals surface area contributed by atoms with Crippen molar-refractivity contribution in [3.8, 4) is 17.2 Å². The Morgan fingerprint density at radius 2 is 1.86 bits per heavy atom. The quantitative estimate of drug-likeness (QED) is 0.756. The predicted molar refractivity (Wildman–Crippen MR) is 86.4 cm³/mol. The van der Waals surface area contributed by atoms with Gasteiger partial charge in [0.15, 0.2) is 0 Å². The van der Waals surface area contributed by atoms with Gasteiger partial charge in [0.1, 0.15) is 6.07 Å². The molecule has 21 heavy (non-hydrogen) atoms. The Labute approximate surface area is 128 Å². The zero-order chi connectivity index (χ0) is 14.4. The average Bonchev–Trinajstić information content (AvgIpc) is 2.96. The Hall–Kier alpha value is -2.25. The highest BCUT2D eigenvalue weighted by molar-refractivity contribution is 7.80. The molecule has 2 aliphatic rings. The van der Waals surface area contributed by atoms with Crippen molar-refractivity contribution in [1.82, 2.24) is 4.98 Å². The molecule has 0 unspecified atom stereocenters. The van der Waals surface area contributed by atoms with Crippen molar-refractivity contribution in [3.63, 3.8) is 0 Å².